The van der Waals surface area contributed by atoms with Crippen LogP contribution in [-0.2, 0) is 0 Å². The molecule has 0 unspecified atom stereocenters. The number of nitrogens with zero attached hydrogens (tertiary/aromatic N) is 2. The van der Waals surface area contributed by atoms with Crippen molar-refractivity contribution in [3.63, 3.8) is 0 Å². The second-order valence-electron chi connectivity index (χ2n) is 7.10. The van der Waals surface area contributed by atoms with Crippen molar-refractivity contribution in [3.8, 4) is 22.3 Å². The molecule has 0 saturated heterocycles. The highest BCUT2D eigenvalue weighted by molar-refractivity contribution is 6.03. The number of aliphatic imine (C=N–C) groups is 1. The van der Waals surface area contributed by atoms with Crippen molar-refractivity contribution in [2.75, 3.05) is 0 Å². The maximum Gasteiger partial charge on any atom is 0.178 e. The molecule has 1 heterocycles. The van der Waals surface area contributed by atoms with Crippen LogP contribution in [0.1, 0.15) is 30.0 Å². The Morgan fingerprint density at radius 1 is 0.633 bits per heavy atom. The Morgan fingerprint density at radius 3 is 1.67 bits per heavy atom. The Morgan fingerprint density at radius 2 is 1.13 bits per heavy atom. The SMILES string of the molecule is CC(=O)c1cccc(C(C)=Nc2c(-c3ccccc3)cccc2-c2ccccc2)n1. The summed E-state index contributed by atoms with van der Waals surface area (Å²) in [6.45, 7) is 3.46. The zero-order chi connectivity index (χ0) is 20.9. The summed E-state index contributed by atoms with van der Waals surface area (Å²) in [5, 5.41) is 0. The fourth-order valence-corrected chi connectivity index (χ4v) is 3.42. The summed E-state index contributed by atoms with van der Waals surface area (Å²) in [4.78, 5) is 21.3. The van der Waals surface area contributed by atoms with Crippen molar-refractivity contribution in [1.29, 1.82) is 0 Å². The normalized spacial score (nSPS) is 11.3. The first kappa shape index (κ1) is 19.5. The van der Waals surface area contributed by atoms with E-state index in [9.17, 15) is 4.79 Å². The average molecular weight is 390 g/mol. The molecule has 3 heteroatoms. The second kappa shape index (κ2) is 8.66. The Kier molecular flexibility index (Phi) is 5.62. The number of hydrogen-bond acceptors (Lipinski definition) is 3. The number of aromatic nitrogens is 1. The van der Waals surface area contributed by atoms with Crippen LogP contribution in [-0.4, -0.2) is 16.5 Å². The average Bonchev–Trinajstić information content (AvgIpc) is 2.80. The smallest absolute Gasteiger partial charge is 0.178 e. The monoisotopic (exact) mass is 390 g/mol. The predicted octanol–water partition coefficient (Wildman–Crippen LogP) is 6.76. The maximum atomic E-state index is 11.8. The van der Waals surface area contributed by atoms with Gasteiger partial charge in [0.25, 0.3) is 0 Å². The maximum absolute atomic E-state index is 11.8. The van der Waals surface area contributed by atoms with Gasteiger partial charge in [0.05, 0.1) is 17.1 Å². The lowest BCUT2D eigenvalue weighted by Gasteiger charge is -2.13. The first-order chi connectivity index (χ1) is 14.6. The van der Waals surface area contributed by atoms with Crippen molar-refractivity contribution in [2.24, 2.45) is 4.99 Å². The lowest BCUT2D eigenvalue weighted by Crippen LogP contribution is -2.04. The third-order valence-corrected chi connectivity index (χ3v) is 4.97. The third kappa shape index (κ3) is 4.11. The van der Waals surface area contributed by atoms with Crippen LogP contribution in [0, 0.1) is 0 Å². The van der Waals surface area contributed by atoms with Crippen molar-refractivity contribution >= 4 is 17.2 Å². The first-order valence-electron chi connectivity index (χ1n) is 9.91. The minimum Gasteiger partial charge on any atom is -0.293 e. The van der Waals surface area contributed by atoms with Gasteiger partial charge in [0, 0.05) is 18.1 Å². The van der Waals surface area contributed by atoms with E-state index in [1.54, 1.807) is 6.07 Å². The molecule has 0 spiro atoms. The van der Waals surface area contributed by atoms with E-state index in [1.807, 2.05) is 55.5 Å². The molecule has 0 amide bonds. The molecule has 0 aliphatic carbocycles. The van der Waals surface area contributed by atoms with Crippen molar-refractivity contribution in [3.05, 3.63) is 108 Å². The Hall–Kier alpha value is -3.85. The molecule has 4 aromatic rings. The van der Waals surface area contributed by atoms with Crippen LogP contribution in [0.5, 0.6) is 0 Å². The van der Waals surface area contributed by atoms with E-state index in [0.29, 0.717) is 11.4 Å². The number of rotatable bonds is 5. The third-order valence-electron chi connectivity index (χ3n) is 4.97. The van der Waals surface area contributed by atoms with Gasteiger partial charge in [-0.1, -0.05) is 84.9 Å². The highest BCUT2D eigenvalue weighted by Crippen LogP contribution is 2.39. The standard InChI is InChI=1S/C27H22N2O/c1-19(25-17-10-18-26(29-25)20(2)30)28-27-23(21-11-5-3-6-12-21)15-9-16-24(27)22-13-7-4-8-14-22/h3-18H,1-2H3. The van der Waals surface area contributed by atoms with Gasteiger partial charge in [-0.05, 0) is 30.2 Å². The molecule has 0 radical (unpaired) electrons. The quantitative estimate of drug-likeness (QED) is 0.279. The molecule has 0 fully saturated rings. The van der Waals surface area contributed by atoms with Crippen LogP contribution in [0.3, 0.4) is 0 Å². The predicted molar refractivity (Wildman–Crippen MR) is 123 cm³/mol. The number of para-hydroxylation sites is 1. The lowest BCUT2D eigenvalue weighted by atomic mass is 9.96. The molecular formula is C27H22N2O. The van der Waals surface area contributed by atoms with Gasteiger partial charge in [-0.25, -0.2) is 4.98 Å². The number of ketones is 1. The summed E-state index contributed by atoms with van der Waals surface area (Å²) >= 11 is 0. The Balaban J connectivity index is 1.92. The molecule has 0 bridgehead atoms. The van der Waals surface area contributed by atoms with Crippen molar-refractivity contribution < 1.29 is 4.79 Å². The molecule has 4 rings (SSSR count). The molecular weight excluding hydrogens is 368 g/mol. The van der Waals surface area contributed by atoms with E-state index in [1.165, 1.54) is 6.92 Å². The molecule has 146 valence electrons. The first-order valence-corrected chi connectivity index (χ1v) is 9.91. The number of pyridine rings is 1. The van der Waals surface area contributed by atoms with Gasteiger partial charge in [0.1, 0.15) is 5.69 Å². The van der Waals surface area contributed by atoms with Gasteiger partial charge in [-0.15, -0.1) is 0 Å². The fraction of sp³-hybridized carbons (Fsp3) is 0.0741. The summed E-state index contributed by atoms with van der Waals surface area (Å²) in [6.07, 6.45) is 0. The van der Waals surface area contributed by atoms with Crippen LogP contribution in [0.25, 0.3) is 22.3 Å². The van der Waals surface area contributed by atoms with Crippen LogP contribution in [0.4, 0.5) is 5.69 Å². The molecule has 1 aromatic heterocycles. The van der Waals surface area contributed by atoms with Gasteiger partial charge in [0.15, 0.2) is 5.78 Å². The van der Waals surface area contributed by atoms with E-state index >= 15 is 0 Å². The van der Waals surface area contributed by atoms with E-state index in [-0.39, 0.29) is 5.78 Å². The van der Waals surface area contributed by atoms with E-state index < -0.39 is 0 Å². The van der Waals surface area contributed by atoms with Gasteiger partial charge in [-0.3, -0.25) is 9.79 Å². The molecule has 3 nitrogen and oxygen atoms in total. The summed E-state index contributed by atoms with van der Waals surface area (Å²) in [7, 11) is 0. The summed E-state index contributed by atoms with van der Waals surface area (Å²) in [6, 6.07) is 32.2. The van der Waals surface area contributed by atoms with Gasteiger partial charge >= 0.3 is 0 Å². The highest BCUT2D eigenvalue weighted by atomic mass is 16.1. The number of benzene rings is 3. The van der Waals surface area contributed by atoms with Gasteiger partial charge in [0.2, 0.25) is 0 Å². The number of carbonyl (C=O) groups is 1. The van der Waals surface area contributed by atoms with Crippen LogP contribution < -0.4 is 0 Å². The minimum atomic E-state index is -0.0562. The lowest BCUT2D eigenvalue weighted by molar-refractivity contribution is 0.101. The number of hydrogen-bond donors (Lipinski definition) is 0. The molecule has 0 N–H and O–H groups in total. The number of Topliss-reactive ketones (excluding diaryl/α,β-unsaturated/α-hetero) is 1. The zero-order valence-corrected chi connectivity index (χ0v) is 17.0. The van der Waals surface area contributed by atoms with Gasteiger partial charge in [-0.2, -0.15) is 0 Å². The topological polar surface area (TPSA) is 42.3 Å². The molecule has 3 aromatic carbocycles. The molecule has 0 aliphatic heterocycles. The fourth-order valence-electron chi connectivity index (χ4n) is 3.42. The second-order valence-corrected chi connectivity index (χ2v) is 7.10. The molecule has 0 saturated carbocycles. The summed E-state index contributed by atoms with van der Waals surface area (Å²) in [5.41, 5.74) is 7.12. The zero-order valence-electron chi connectivity index (χ0n) is 17.0. The summed E-state index contributed by atoms with van der Waals surface area (Å²) in [5.74, 6) is -0.0562. The van der Waals surface area contributed by atoms with Crippen molar-refractivity contribution in [1.82, 2.24) is 4.98 Å². The Labute approximate surface area is 176 Å². The Bertz CT molecular complexity index is 1150. The number of carbonyl (C=O) groups excluding carboxylic acids is 1. The molecule has 0 atom stereocenters. The minimum absolute atomic E-state index is 0.0562. The van der Waals surface area contributed by atoms with E-state index in [2.05, 4.69) is 47.4 Å². The van der Waals surface area contributed by atoms with Gasteiger partial charge < -0.3 is 0 Å². The van der Waals surface area contributed by atoms with Crippen LogP contribution >= 0.6 is 0 Å². The largest absolute Gasteiger partial charge is 0.293 e. The van der Waals surface area contributed by atoms with E-state index in [0.717, 1.165) is 33.7 Å². The molecule has 0 aliphatic rings. The molecule has 30 heavy (non-hydrogen) atoms. The van der Waals surface area contributed by atoms with Crippen LogP contribution in [0.2, 0.25) is 0 Å². The van der Waals surface area contributed by atoms with E-state index in [4.69, 9.17) is 4.99 Å². The highest BCUT2D eigenvalue weighted by Gasteiger charge is 2.13. The summed E-state index contributed by atoms with van der Waals surface area (Å²) < 4.78 is 0. The van der Waals surface area contributed by atoms with Crippen molar-refractivity contribution in [2.45, 2.75) is 13.8 Å². The van der Waals surface area contributed by atoms with Crippen LogP contribution in [0.15, 0.2) is 102 Å².